The number of benzene rings is 2. The molecule has 5 heteroatoms. The fourth-order valence-corrected chi connectivity index (χ4v) is 3.74. The molecule has 1 N–H and O–H groups in total. The van der Waals surface area contributed by atoms with Crippen LogP contribution in [-0.2, 0) is 16.4 Å². The molecule has 0 fully saturated rings. The lowest BCUT2D eigenvalue weighted by Crippen LogP contribution is -2.26. The van der Waals surface area contributed by atoms with Gasteiger partial charge in [-0.1, -0.05) is 47.5 Å². The molecule has 0 aliphatic carbocycles. The minimum atomic E-state index is -3.56. The fourth-order valence-electron chi connectivity index (χ4n) is 2.19. The van der Waals surface area contributed by atoms with Crippen LogP contribution in [0.5, 0.6) is 0 Å². The number of nitrogens with one attached hydrogen (secondary N) is 1. The molecule has 2 aromatic carbocycles. The van der Waals surface area contributed by atoms with Crippen LogP contribution in [0.3, 0.4) is 0 Å². The molecular weight excluding hydrogens is 306 g/mol. The van der Waals surface area contributed by atoms with E-state index in [1.54, 1.807) is 18.2 Å². The monoisotopic (exact) mass is 323 g/mol. The van der Waals surface area contributed by atoms with E-state index < -0.39 is 10.0 Å². The molecule has 0 aliphatic rings. The van der Waals surface area contributed by atoms with Gasteiger partial charge in [0.1, 0.15) is 4.90 Å². The van der Waals surface area contributed by atoms with Crippen LogP contribution in [0.15, 0.2) is 47.4 Å². The lowest BCUT2D eigenvalue weighted by Gasteiger charge is -2.10. The Kier molecular flexibility index (Phi) is 5.04. The van der Waals surface area contributed by atoms with Gasteiger partial charge < -0.3 is 0 Å². The van der Waals surface area contributed by atoms with Crippen molar-refractivity contribution in [2.24, 2.45) is 0 Å². The summed E-state index contributed by atoms with van der Waals surface area (Å²) in [6.45, 7) is 4.42. The van der Waals surface area contributed by atoms with E-state index >= 15 is 0 Å². The number of rotatable bonds is 5. The van der Waals surface area contributed by atoms with E-state index in [2.05, 4.69) is 10.8 Å². The molecule has 0 aromatic heterocycles. The number of halogens is 1. The first-order chi connectivity index (χ1) is 9.90. The Balaban J connectivity index is 2.04. The summed E-state index contributed by atoms with van der Waals surface area (Å²) in [6, 6.07) is 12.6. The van der Waals surface area contributed by atoms with Gasteiger partial charge in [0.2, 0.25) is 10.0 Å². The van der Waals surface area contributed by atoms with E-state index in [1.807, 2.05) is 26.0 Å². The Morgan fingerprint density at radius 2 is 1.81 bits per heavy atom. The minimum Gasteiger partial charge on any atom is -0.211 e. The largest absolute Gasteiger partial charge is 0.242 e. The van der Waals surface area contributed by atoms with Gasteiger partial charge in [0.05, 0.1) is 5.02 Å². The molecule has 0 amide bonds. The van der Waals surface area contributed by atoms with Crippen LogP contribution in [0.2, 0.25) is 5.02 Å². The van der Waals surface area contributed by atoms with Gasteiger partial charge in [0, 0.05) is 6.54 Å². The third-order valence-electron chi connectivity index (χ3n) is 3.31. The topological polar surface area (TPSA) is 46.2 Å². The molecule has 21 heavy (non-hydrogen) atoms. The average Bonchev–Trinajstić information content (AvgIpc) is 2.41. The quantitative estimate of drug-likeness (QED) is 0.915. The summed E-state index contributed by atoms with van der Waals surface area (Å²) in [4.78, 5) is 0.118. The number of aryl methyl sites for hydroxylation is 2. The standard InChI is InChI=1S/C16H18ClNO2S/c1-12-7-8-14(13(2)11-12)9-10-18-21(19,20)16-6-4-3-5-15(16)17/h3-8,11,18H,9-10H2,1-2H3. The van der Waals surface area contributed by atoms with Gasteiger partial charge in [-0.25, -0.2) is 13.1 Å². The summed E-state index contributed by atoms with van der Waals surface area (Å²) in [5.74, 6) is 0. The molecule has 0 aliphatic heterocycles. The first-order valence-electron chi connectivity index (χ1n) is 6.70. The van der Waals surface area contributed by atoms with Crippen LogP contribution in [0.4, 0.5) is 0 Å². The second-order valence-electron chi connectivity index (χ2n) is 5.01. The average molecular weight is 324 g/mol. The van der Waals surface area contributed by atoms with Crippen molar-refractivity contribution >= 4 is 21.6 Å². The van der Waals surface area contributed by atoms with Crippen molar-refractivity contribution in [3.05, 3.63) is 64.2 Å². The third kappa shape index (κ3) is 4.06. The molecule has 3 nitrogen and oxygen atoms in total. The SMILES string of the molecule is Cc1ccc(CCNS(=O)(=O)c2ccccc2Cl)c(C)c1. The predicted octanol–water partition coefficient (Wildman–Crippen LogP) is 3.48. The summed E-state index contributed by atoms with van der Waals surface area (Å²) < 4.78 is 27.0. The molecule has 0 saturated heterocycles. The molecule has 0 unspecified atom stereocenters. The highest BCUT2D eigenvalue weighted by Crippen LogP contribution is 2.20. The van der Waals surface area contributed by atoms with Gasteiger partial charge in [-0.2, -0.15) is 0 Å². The van der Waals surface area contributed by atoms with Crippen molar-refractivity contribution < 1.29 is 8.42 Å². The van der Waals surface area contributed by atoms with E-state index in [0.29, 0.717) is 13.0 Å². The van der Waals surface area contributed by atoms with Crippen LogP contribution < -0.4 is 4.72 Å². The number of hydrogen-bond acceptors (Lipinski definition) is 2. The Morgan fingerprint density at radius 3 is 2.48 bits per heavy atom. The third-order valence-corrected chi connectivity index (χ3v) is 5.27. The normalized spacial score (nSPS) is 11.6. The molecule has 0 spiro atoms. The van der Waals surface area contributed by atoms with Crippen molar-refractivity contribution in [3.63, 3.8) is 0 Å². The maximum absolute atomic E-state index is 12.2. The molecule has 0 radical (unpaired) electrons. The maximum Gasteiger partial charge on any atom is 0.242 e. The zero-order valence-electron chi connectivity index (χ0n) is 12.1. The Hall–Kier alpha value is -1.36. The van der Waals surface area contributed by atoms with Crippen LogP contribution in [-0.4, -0.2) is 15.0 Å². The van der Waals surface area contributed by atoms with E-state index in [0.717, 1.165) is 5.56 Å². The first kappa shape index (κ1) is 16.0. The smallest absolute Gasteiger partial charge is 0.211 e. The highest BCUT2D eigenvalue weighted by molar-refractivity contribution is 7.89. The van der Waals surface area contributed by atoms with E-state index in [9.17, 15) is 8.42 Å². The van der Waals surface area contributed by atoms with Crippen molar-refractivity contribution in [2.45, 2.75) is 25.2 Å². The van der Waals surface area contributed by atoms with E-state index in [-0.39, 0.29) is 9.92 Å². The molecule has 2 aromatic rings. The zero-order valence-corrected chi connectivity index (χ0v) is 13.6. The van der Waals surface area contributed by atoms with Crippen LogP contribution in [0.25, 0.3) is 0 Å². The second-order valence-corrected chi connectivity index (χ2v) is 7.15. The predicted molar refractivity (Wildman–Crippen MR) is 86.3 cm³/mol. The van der Waals surface area contributed by atoms with Gasteiger partial charge in [-0.3, -0.25) is 0 Å². The van der Waals surface area contributed by atoms with Crippen LogP contribution >= 0.6 is 11.6 Å². The highest BCUT2D eigenvalue weighted by Gasteiger charge is 2.16. The van der Waals surface area contributed by atoms with Crippen molar-refractivity contribution in [1.29, 1.82) is 0 Å². The summed E-state index contributed by atoms with van der Waals surface area (Å²) in [7, 11) is -3.56. The van der Waals surface area contributed by atoms with Gasteiger partial charge in [0.25, 0.3) is 0 Å². The van der Waals surface area contributed by atoms with E-state index in [4.69, 9.17) is 11.6 Å². The molecular formula is C16H18ClNO2S. The van der Waals surface area contributed by atoms with Crippen LogP contribution in [0.1, 0.15) is 16.7 Å². The van der Waals surface area contributed by atoms with Gasteiger partial charge in [0.15, 0.2) is 0 Å². The Labute approximate surface area is 131 Å². The summed E-state index contributed by atoms with van der Waals surface area (Å²) in [6.07, 6.45) is 0.649. The highest BCUT2D eigenvalue weighted by atomic mass is 35.5. The fraction of sp³-hybridized carbons (Fsp3) is 0.250. The second kappa shape index (κ2) is 6.60. The lowest BCUT2D eigenvalue weighted by atomic mass is 10.0. The minimum absolute atomic E-state index is 0.118. The van der Waals surface area contributed by atoms with Crippen molar-refractivity contribution in [1.82, 2.24) is 4.72 Å². The summed E-state index contributed by atoms with van der Waals surface area (Å²) >= 11 is 5.93. The molecule has 2 rings (SSSR count). The number of sulfonamides is 1. The van der Waals surface area contributed by atoms with Gasteiger partial charge in [-0.05, 0) is 43.5 Å². The number of hydrogen-bond donors (Lipinski definition) is 1. The maximum atomic E-state index is 12.2. The van der Waals surface area contributed by atoms with Gasteiger partial charge in [-0.15, -0.1) is 0 Å². The molecule has 112 valence electrons. The lowest BCUT2D eigenvalue weighted by molar-refractivity contribution is 0.581. The Morgan fingerprint density at radius 1 is 1.10 bits per heavy atom. The molecule has 0 bridgehead atoms. The van der Waals surface area contributed by atoms with Crippen molar-refractivity contribution in [3.8, 4) is 0 Å². The summed E-state index contributed by atoms with van der Waals surface area (Å²) in [5.41, 5.74) is 3.52. The molecule has 0 heterocycles. The van der Waals surface area contributed by atoms with Crippen LogP contribution in [0, 0.1) is 13.8 Å². The molecule has 0 saturated carbocycles. The summed E-state index contributed by atoms with van der Waals surface area (Å²) in [5, 5.41) is 0.233. The first-order valence-corrected chi connectivity index (χ1v) is 8.56. The van der Waals surface area contributed by atoms with Gasteiger partial charge >= 0.3 is 0 Å². The zero-order chi connectivity index (χ0) is 15.5. The van der Waals surface area contributed by atoms with E-state index in [1.165, 1.54) is 17.2 Å². The van der Waals surface area contributed by atoms with Crippen molar-refractivity contribution in [2.75, 3.05) is 6.54 Å². The molecule has 0 atom stereocenters. The Bertz CT molecular complexity index is 742.